The van der Waals surface area contributed by atoms with Gasteiger partial charge in [-0.2, -0.15) is 0 Å². The number of ether oxygens (including phenoxy) is 5. The van der Waals surface area contributed by atoms with Gasteiger partial charge in [0.15, 0.2) is 24.6 Å². The van der Waals surface area contributed by atoms with E-state index in [-0.39, 0.29) is 25.9 Å². The van der Waals surface area contributed by atoms with Crippen molar-refractivity contribution in [1.82, 2.24) is 0 Å². The Kier molecular flexibility index (Phi) is 55.5. The fourth-order valence-electron chi connectivity index (χ4n) is 9.91. The highest BCUT2D eigenvalue weighted by Crippen LogP contribution is 2.27. The van der Waals surface area contributed by atoms with E-state index < -0.39 is 67.3 Å². The number of aliphatic carboxylic acids is 1. The summed E-state index contributed by atoms with van der Waals surface area (Å²) in [6.45, 7) is 5.84. The van der Waals surface area contributed by atoms with Gasteiger partial charge in [-0.25, -0.2) is 4.79 Å². The largest absolute Gasteiger partial charge is 0.479 e. The van der Waals surface area contributed by atoms with Crippen LogP contribution in [0.25, 0.3) is 0 Å². The third kappa shape index (κ3) is 49.3. The van der Waals surface area contributed by atoms with Gasteiger partial charge in [0.25, 0.3) is 0 Å². The van der Waals surface area contributed by atoms with E-state index >= 15 is 0 Å². The number of aliphatic hydroxyl groups excluding tert-OH is 2. The zero-order valence-electron chi connectivity index (χ0n) is 53.8. The van der Waals surface area contributed by atoms with Crippen molar-refractivity contribution >= 4 is 23.9 Å². The molecule has 0 aromatic carbocycles. The molecular formula is C73H122O12. The first-order valence-electron chi connectivity index (χ1n) is 34.2. The maximum atomic E-state index is 13.2. The maximum Gasteiger partial charge on any atom is 0.335 e. The Morgan fingerprint density at radius 2 is 0.765 bits per heavy atom. The second kappa shape index (κ2) is 59.9. The predicted octanol–water partition coefficient (Wildman–Crippen LogP) is 18.8. The third-order valence-corrected chi connectivity index (χ3v) is 15.1. The van der Waals surface area contributed by atoms with Crippen molar-refractivity contribution in [2.75, 3.05) is 13.2 Å². The summed E-state index contributed by atoms with van der Waals surface area (Å²) in [5.74, 6) is -3.23. The molecule has 12 heteroatoms. The Balaban J connectivity index is 2.69. The van der Waals surface area contributed by atoms with E-state index in [0.717, 1.165) is 103 Å². The molecule has 1 heterocycles. The van der Waals surface area contributed by atoms with Gasteiger partial charge in [-0.1, -0.05) is 259 Å². The monoisotopic (exact) mass is 1190 g/mol. The molecule has 6 atom stereocenters. The molecule has 486 valence electrons. The summed E-state index contributed by atoms with van der Waals surface area (Å²) in [7, 11) is 0. The average molecular weight is 1190 g/mol. The minimum atomic E-state index is -1.92. The van der Waals surface area contributed by atoms with Crippen LogP contribution >= 0.6 is 0 Å². The summed E-state index contributed by atoms with van der Waals surface area (Å²) in [6.07, 6.45) is 68.0. The molecule has 0 aromatic rings. The molecule has 1 rings (SSSR count). The van der Waals surface area contributed by atoms with Crippen LogP contribution in [0.5, 0.6) is 0 Å². The highest BCUT2D eigenvalue weighted by molar-refractivity contribution is 5.74. The lowest BCUT2D eigenvalue weighted by Crippen LogP contribution is -2.61. The van der Waals surface area contributed by atoms with Crippen LogP contribution in [0.1, 0.15) is 290 Å². The van der Waals surface area contributed by atoms with Crippen LogP contribution in [0.4, 0.5) is 0 Å². The molecule has 1 saturated heterocycles. The second-order valence-corrected chi connectivity index (χ2v) is 23.1. The van der Waals surface area contributed by atoms with Crippen molar-refractivity contribution in [1.29, 1.82) is 0 Å². The topological polar surface area (TPSA) is 175 Å². The zero-order chi connectivity index (χ0) is 61.7. The average Bonchev–Trinajstić information content (AvgIpc) is 3.51. The number of hydrogen-bond acceptors (Lipinski definition) is 11. The maximum absolute atomic E-state index is 13.2. The van der Waals surface area contributed by atoms with Crippen molar-refractivity contribution in [3.8, 4) is 0 Å². The minimum Gasteiger partial charge on any atom is -0.479 e. The van der Waals surface area contributed by atoms with Crippen molar-refractivity contribution in [3.63, 3.8) is 0 Å². The number of carbonyl (C=O) groups is 4. The second-order valence-electron chi connectivity index (χ2n) is 23.1. The molecule has 85 heavy (non-hydrogen) atoms. The SMILES string of the molecule is CC/C=C\C/C=C\C/C=C\C/C=C\C/C=C\C/C=C\CCC(=O)OCC(COC1OC(C(=O)O)C(O)C(O)C1OC(=O)CCCCCCCCCCC/C=C\CCCCCCCC)OC(=O)CCCCCCCCC/C=C\CCCCCCCC. The number of rotatable bonds is 58. The van der Waals surface area contributed by atoms with Crippen LogP contribution in [0, 0.1) is 0 Å². The van der Waals surface area contributed by atoms with Gasteiger partial charge in [0.05, 0.1) is 6.61 Å². The molecule has 0 radical (unpaired) electrons. The fourth-order valence-corrected chi connectivity index (χ4v) is 9.91. The van der Waals surface area contributed by atoms with Gasteiger partial charge in [0.1, 0.15) is 18.8 Å². The lowest BCUT2D eigenvalue weighted by Gasteiger charge is -2.40. The molecule has 0 spiro atoms. The molecule has 3 N–H and O–H groups in total. The number of carbonyl (C=O) groups excluding carboxylic acids is 3. The summed E-state index contributed by atoms with van der Waals surface area (Å²) in [4.78, 5) is 51.4. The minimum absolute atomic E-state index is 0.0481. The van der Waals surface area contributed by atoms with E-state index in [1.165, 1.54) is 128 Å². The van der Waals surface area contributed by atoms with E-state index in [4.69, 9.17) is 23.7 Å². The number of unbranched alkanes of at least 4 members (excludes halogenated alkanes) is 28. The summed E-state index contributed by atoms with van der Waals surface area (Å²) >= 11 is 0. The Labute approximate surface area is 517 Å². The van der Waals surface area contributed by atoms with Gasteiger partial charge in [-0.05, 0) is 109 Å². The summed E-state index contributed by atoms with van der Waals surface area (Å²) in [5, 5.41) is 31.6. The van der Waals surface area contributed by atoms with Gasteiger partial charge in [-0.15, -0.1) is 0 Å². The van der Waals surface area contributed by atoms with Crippen molar-refractivity contribution in [3.05, 3.63) is 97.2 Å². The first-order chi connectivity index (χ1) is 41.6. The fraction of sp³-hybridized carbons (Fsp3) is 0.726. The first-order valence-corrected chi connectivity index (χ1v) is 34.2. The molecule has 1 aliphatic rings. The smallest absolute Gasteiger partial charge is 0.335 e. The van der Waals surface area contributed by atoms with Gasteiger partial charge in [0, 0.05) is 19.3 Å². The predicted molar refractivity (Wildman–Crippen MR) is 349 cm³/mol. The molecule has 12 nitrogen and oxygen atoms in total. The number of allylic oxidation sites excluding steroid dienone is 16. The van der Waals surface area contributed by atoms with Crippen molar-refractivity contribution < 1.29 is 58.2 Å². The Morgan fingerprint density at radius 1 is 0.400 bits per heavy atom. The molecule has 1 aliphatic heterocycles. The Morgan fingerprint density at radius 3 is 1.18 bits per heavy atom. The standard InChI is InChI=1S/C73H122O12/c1-4-7-10-13-16-19-22-25-28-31-33-36-38-41-44-47-50-53-56-59-65(74)81-62-64(83-66(75)60-57-54-51-48-45-42-39-35-30-27-24-21-18-15-12-9-6-3)63-82-73-71(69(78)68(77)70(85-73)72(79)80)84-67(76)61-58-55-52-49-46-43-40-37-34-32-29-26-23-20-17-14-11-8-5-2/h7,10,16,19,25-30,33,36,41,44,50,53,64,68-71,73,77-78H,4-6,8-9,11-15,17-18,20-24,31-32,34-35,37-40,42-43,45-49,51-52,54-63H2,1-3H3,(H,79,80)/b10-7-,19-16-,28-25-,29-26-,30-27-,36-33-,44-41-,53-50-. The molecule has 0 aliphatic carbocycles. The number of carboxylic acids is 1. The van der Waals surface area contributed by atoms with E-state index in [1.54, 1.807) is 0 Å². The lowest BCUT2D eigenvalue weighted by molar-refractivity contribution is -0.301. The van der Waals surface area contributed by atoms with Crippen LogP contribution in [-0.2, 0) is 42.9 Å². The van der Waals surface area contributed by atoms with E-state index in [9.17, 15) is 34.5 Å². The van der Waals surface area contributed by atoms with Crippen LogP contribution in [0.3, 0.4) is 0 Å². The molecule has 0 bridgehead atoms. The van der Waals surface area contributed by atoms with E-state index in [2.05, 4.69) is 106 Å². The highest BCUT2D eigenvalue weighted by atomic mass is 16.7. The number of esters is 3. The van der Waals surface area contributed by atoms with Gasteiger partial charge in [-0.3, -0.25) is 14.4 Å². The van der Waals surface area contributed by atoms with Gasteiger partial charge < -0.3 is 39.0 Å². The molecular weight excluding hydrogens is 1070 g/mol. The molecule has 0 aromatic heterocycles. The Hall–Kier alpha value is -4.36. The summed E-state index contributed by atoms with van der Waals surface area (Å²) < 4.78 is 28.5. The number of carboxylic acid groups (broad SMARTS) is 1. The zero-order valence-corrected chi connectivity index (χ0v) is 53.8. The lowest BCUT2D eigenvalue weighted by atomic mass is 9.98. The van der Waals surface area contributed by atoms with Crippen LogP contribution in [0.2, 0.25) is 0 Å². The molecule has 6 unspecified atom stereocenters. The van der Waals surface area contributed by atoms with Crippen LogP contribution < -0.4 is 0 Å². The van der Waals surface area contributed by atoms with Gasteiger partial charge >= 0.3 is 23.9 Å². The normalized spacial score (nSPS) is 18.1. The third-order valence-electron chi connectivity index (χ3n) is 15.1. The summed E-state index contributed by atoms with van der Waals surface area (Å²) in [6, 6.07) is 0. The van der Waals surface area contributed by atoms with Crippen LogP contribution in [-0.4, -0.2) is 89.2 Å². The van der Waals surface area contributed by atoms with E-state index in [1.807, 2.05) is 12.2 Å². The number of aliphatic hydroxyl groups is 2. The first kappa shape index (κ1) is 78.7. The highest BCUT2D eigenvalue weighted by Gasteiger charge is 2.50. The Bertz CT molecular complexity index is 1840. The van der Waals surface area contributed by atoms with Gasteiger partial charge in [0.2, 0.25) is 0 Å². The van der Waals surface area contributed by atoms with Crippen molar-refractivity contribution in [2.24, 2.45) is 0 Å². The van der Waals surface area contributed by atoms with Crippen LogP contribution in [0.15, 0.2) is 97.2 Å². The molecule has 0 saturated carbocycles. The molecule has 1 fully saturated rings. The summed E-state index contributed by atoms with van der Waals surface area (Å²) in [5.41, 5.74) is 0. The number of hydrogen-bond donors (Lipinski definition) is 3. The molecule has 0 amide bonds. The van der Waals surface area contributed by atoms with Crippen molar-refractivity contribution in [2.45, 2.75) is 327 Å². The van der Waals surface area contributed by atoms with E-state index in [0.29, 0.717) is 19.3 Å². The quantitative estimate of drug-likeness (QED) is 0.0228.